The first kappa shape index (κ1) is 16.6. The molecule has 0 saturated carbocycles. The van der Waals surface area contributed by atoms with Crippen LogP contribution >= 0.6 is 11.6 Å². The molecule has 0 aliphatic heterocycles. The lowest BCUT2D eigenvalue weighted by Gasteiger charge is -2.10. The molecule has 0 radical (unpaired) electrons. The lowest BCUT2D eigenvalue weighted by atomic mass is 10.1. The van der Waals surface area contributed by atoms with Crippen molar-refractivity contribution < 1.29 is 4.74 Å². The summed E-state index contributed by atoms with van der Waals surface area (Å²) >= 11 is 6.21. The zero-order chi connectivity index (χ0) is 17.9. The second-order valence-electron chi connectivity index (χ2n) is 5.88. The summed E-state index contributed by atoms with van der Waals surface area (Å²) in [5, 5.41) is 1.62. The minimum atomic E-state index is 0.644. The molecule has 26 heavy (non-hydrogen) atoms. The van der Waals surface area contributed by atoms with Crippen molar-refractivity contribution in [3.63, 3.8) is 0 Å². The smallest absolute Gasteiger partial charge is 0.160 e. The molecule has 0 N–H and O–H groups in total. The lowest BCUT2D eigenvalue weighted by Crippen LogP contribution is -1.96. The molecule has 0 atom stereocenters. The van der Waals surface area contributed by atoms with Gasteiger partial charge in [-0.1, -0.05) is 41.9 Å². The van der Waals surface area contributed by atoms with Gasteiger partial charge >= 0.3 is 0 Å². The highest BCUT2D eigenvalue weighted by atomic mass is 35.5. The molecule has 0 aliphatic carbocycles. The topological polar surface area (TPSA) is 35.0 Å². The Morgan fingerprint density at radius 2 is 1.62 bits per heavy atom. The Bertz CT molecular complexity index is 1050. The first-order chi connectivity index (χ1) is 12.7. The van der Waals surface area contributed by atoms with Crippen LogP contribution in [0, 0.1) is 0 Å². The Morgan fingerprint density at radius 1 is 0.846 bits per heavy atom. The van der Waals surface area contributed by atoms with Crippen LogP contribution in [-0.2, 0) is 0 Å². The molecule has 0 amide bonds. The van der Waals surface area contributed by atoms with Crippen LogP contribution in [0.4, 0.5) is 0 Å². The molecule has 0 bridgehead atoms. The van der Waals surface area contributed by atoms with Crippen molar-refractivity contribution in [2.45, 2.75) is 6.92 Å². The van der Waals surface area contributed by atoms with Crippen LogP contribution in [0.5, 0.6) is 5.75 Å². The van der Waals surface area contributed by atoms with Crippen LogP contribution < -0.4 is 4.74 Å². The zero-order valence-corrected chi connectivity index (χ0v) is 15.1. The number of rotatable bonds is 4. The van der Waals surface area contributed by atoms with E-state index in [1.54, 1.807) is 0 Å². The van der Waals surface area contributed by atoms with Crippen molar-refractivity contribution >= 4 is 22.5 Å². The fourth-order valence-electron chi connectivity index (χ4n) is 2.91. The summed E-state index contributed by atoms with van der Waals surface area (Å²) in [5.74, 6) is 1.52. The Labute approximate surface area is 157 Å². The summed E-state index contributed by atoms with van der Waals surface area (Å²) in [6.07, 6.45) is 0. The molecule has 4 aromatic rings. The molecule has 128 valence electrons. The number of hydrogen-bond donors (Lipinski definition) is 0. The minimum absolute atomic E-state index is 0.644. The van der Waals surface area contributed by atoms with Gasteiger partial charge in [-0.2, -0.15) is 0 Å². The van der Waals surface area contributed by atoms with Gasteiger partial charge in [-0.3, -0.25) is 0 Å². The second kappa shape index (κ2) is 7.14. The molecule has 0 spiro atoms. The Balaban J connectivity index is 1.90. The maximum absolute atomic E-state index is 6.21. The monoisotopic (exact) mass is 360 g/mol. The predicted octanol–water partition coefficient (Wildman–Crippen LogP) is 6.02. The number of ether oxygens (including phenoxy) is 1. The van der Waals surface area contributed by atoms with E-state index >= 15 is 0 Å². The fraction of sp³-hybridized carbons (Fsp3) is 0.0909. The van der Waals surface area contributed by atoms with Gasteiger partial charge in [0.05, 0.1) is 17.8 Å². The van der Waals surface area contributed by atoms with Gasteiger partial charge in [-0.25, -0.2) is 9.97 Å². The third-order valence-electron chi connectivity index (χ3n) is 4.13. The van der Waals surface area contributed by atoms with Crippen molar-refractivity contribution in [3.8, 4) is 28.4 Å². The van der Waals surface area contributed by atoms with Crippen molar-refractivity contribution in [3.05, 3.63) is 77.8 Å². The molecule has 0 aliphatic rings. The van der Waals surface area contributed by atoms with E-state index in [9.17, 15) is 0 Å². The molecule has 4 heteroatoms. The van der Waals surface area contributed by atoms with E-state index in [0.29, 0.717) is 17.5 Å². The maximum atomic E-state index is 6.21. The fourth-order valence-corrected chi connectivity index (χ4v) is 3.08. The van der Waals surface area contributed by atoms with E-state index in [0.717, 1.165) is 33.5 Å². The molecule has 0 saturated heterocycles. The van der Waals surface area contributed by atoms with Gasteiger partial charge in [0.25, 0.3) is 0 Å². The Kier molecular flexibility index (Phi) is 4.55. The number of benzene rings is 3. The summed E-state index contributed by atoms with van der Waals surface area (Å²) in [6, 6.07) is 23.6. The van der Waals surface area contributed by atoms with E-state index in [4.69, 9.17) is 26.3 Å². The highest BCUT2D eigenvalue weighted by Crippen LogP contribution is 2.31. The van der Waals surface area contributed by atoms with E-state index in [1.807, 2.05) is 79.7 Å². The number of hydrogen-bond acceptors (Lipinski definition) is 3. The van der Waals surface area contributed by atoms with Gasteiger partial charge in [0, 0.05) is 21.5 Å². The van der Waals surface area contributed by atoms with E-state index < -0.39 is 0 Å². The van der Waals surface area contributed by atoms with Crippen molar-refractivity contribution in [2.24, 2.45) is 0 Å². The summed E-state index contributed by atoms with van der Waals surface area (Å²) in [6.45, 7) is 2.61. The minimum Gasteiger partial charge on any atom is -0.494 e. The van der Waals surface area contributed by atoms with Gasteiger partial charge in [-0.15, -0.1) is 0 Å². The standard InChI is InChI=1S/C22H17ClN2O/c1-2-26-18-11-8-16(9-12-18)22-24-20-13-10-17(23)14-19(20)21(25-22)15-6-4-3-5-7-15/h3-14H,2H2,1H3. The number of halogens is 1. The molecule has 1 heterocycles. The molecule has 4 rings (SSSR count). The van der Waals surface area contributed by atoms with Crippen LogP contribution in [0.3, 0.4) is 0 Å². The summed E-state index contributed by atoms with van der Waals surface area (Å²) in [7, 11) is 0. The SMILES string of the molecule is CCOc1ccc(-c2nc(-c3ccccc3)c3cc(Cl)ccc3n2)cc1. The third-order valence-corrected chi connectivity index (χ3v) is 4.36. The number of fused-ring (bicyclic) bond motifs is 1. The van der Waals surface area contributed by atoms with E-state index in [2.05, 4.69) is 0 Å². The van der Waals surface area contributed by atoms with E-state index in [1.165, 1.54) is 0 Å². The van der Waals surface area contributed by atoms with Crippen molar-refractivity contribution in [1.82, 2.24) is 9.97 Å². The molecule has 0 fully saturated rings. The maximum Gasteiger partial charge on any atom is 0.160 e. The number of nitrogens with zero attached hydrogens (tertiary/aromatic N) is 2. The molecule has 3 aromatic carbocycles. The van der Waals surface area contributed by atoms with Crippen LogP contribution in [-0.4, -0.2) is 16.6 Å². The summed E-state index contributed by atoms with van der Waals surface area (Å²) < 4.78 is 5.52. The first-order valence-corrected chi connectivity index (χ1v) is 8.88. The van der Waals surface area contributed by atoms with Crippen molar-refractivity contribution in [1.29, 1.82) is 0 Å². The van der Waals surface area contributed by atoms with E-state index in [-0.39, 0.29) is 0 Å². The van der Waals surface area contributed by atoms with Crippen molar-refractivity contribution in [2.75, 3.05) is 6.61 Å². The number of aromatic nitrogens is 2. The highest BCUT2D eigenvalue weighted by Gasteiger charge is 2.12. The largest absolute Gasteiger partial charge is 0.494 e. The Morgan fingerprint density at radius 3 is 2.35 bits per heavy atom. The summed E-state index contributed by atoms with van der Waals surface area (Å²) in [5.41, 5.74) is 3.73. The van der Waals surface area contributed by atoms with Gasteiger partial charge in [0.2, 0.25) is 0 Å². The van der Waals surface area contributed by atoms with Crippen LogP contribution in [0.2, 0.25) is 5.02 Å². The lowest BCUT2D eigenvalue weighted by molar-refractivity contribution is 0.340. The van der Waals surface area contributed by atoms with Gasteiger partial charge in [0.15, 0.2) is 5.82 Å². The van der Waals surface area contributed by atoms with Crippen LogP contribution in [0.1, 0.15) is 6.92 Å². The van der Waals surface area contributed by atoms with Gasteiger partial charge < -0.3 is 4.74 Å². The van der Waals surface area contributed by atoms with Crippen LogP contribution in [0.25, 0.3) is 33.5 Å². The third kappa shape index (κ3) is 3.26. The molecular weight excluding hydrogens is 344 g/mol. The van der Waals surface area contributed by atoms with Crippen LogP contribution in [0.15, 0.2) is 72.8 Å². The molecule has 1 aromatic heterocycles. The summed E-state index contributed by atoms with van der Waals surface area (Å²) in [4.78, 5) is 9.59. The average Bonchev–Trinajstić information content (AvgIpc) is 2.69. The highest BCUT2D eigenvalue weighted by molar-refractivity contribution is 6.31. The van der Waals surface area contributed by atoms with Gasteiger partial charge in [-0.05, 0) is 49.4 Å². The predicted molar refractivity (Wildman–Crippen MR) is 107 cm³/mol. The van der Waals surface area contributed by atoms with Gasteiger partial charge in [0.1, 0.15) is 5.75 Å². The molecule has 0 unspecified atom stereocenters. The molecular formula is C22H17ClN2O. The first-order valence-electron chi connectivity index (χ1n) is 8.50. The molecule has 3 nitrogen and oxygen atoms in total. The Hall–Kier alpha value is -2.91. The average molecular weight is 361 g/mol. The second-order valence-corrected chi connectivity index (χ2v) is 6.32. The normalized spacial score (nSPS) is 10.8. The quantitative estimate of drug-likeness (QED) is 0.446. The zero-order valence-electron chi connectivity index (χ0n) is 14.3.